The Labute approximate surface area is 378 Å². The SMILES string of the molecule is C=CCCCC.CC(C)CCCCCCCNC(=O)C/C=C/CC(=O)C(C)C.CCCC(CCC(=O)NCCCC(C)C)CC(=O)C(C)C.S=S=S=S=S=S=S=S. The summed E-state index contributed by atoms with van der Waals surface area (Å²) in [4.78, 5) is 46.6. The van der Waals surface area contributed by atoms with Crippen molar-refractivity contribution in [1.82, 2.24) is 10.6 Å². The van der Waals surface area contributed by atoms with Gasteiger partial charge in [0.05, 0.1) is 0 Å². The normalized spacial score (nSPS) is 10.9. The largest absolute Gasteiger partial charge is 0.356 e. The van der Waals surface area contributed by atoms with Crippen LogP contribution in [-0.4, -0.2) is 36.5 Å². The van der Waals surface area contributed by atoms with Gasteiger partial charge in [-0.05, 0) is 49.9 Å². The number of ketones is 2. The molecule has 0 aliphatic carbocycles. The average Bonchev–Trinajstić information content (AvgIpc) is 3.16. The second-order valence-electron chi connectivity index (χ2n) is 15.5. The summed E-state index contributed by atoms with van der Waals surface area (Å²) in [5.74, 6) is 2.77. The molecule has 336 valence electrons. The molecule has 0 aromatic carbocycles. The maximum atomic E-state index is 11.8. The van der Waals surface area contributed by atoms with Crippen molar-refractivity contribution < 1.29 is 19.2 Å². The van der Waals surface area contributed by atoms with Gasteiger partial charge in [0.2, 0.25) is 11.8 Å². The zero-order valence-electron chi connectivity index (χ0n) is 37.4. The fourth-order valence-corrected chi connectivity index (χ4v) is 15.9. The molecule has 2 N–H and O–H groups in total. The van der Waals surface area contributed by atoms with Crippen LogP contribution in [0.1, 0.15) is 185 Å². The molecule has 1 unspecified atom stereocenters. The molecule has 0 rings (SSSR count). The van der Waals surface area contributed by atoms with E-state index in [-0.39, 0.29) is 29.4 Å². The van der Waals surface area contributed by atoms with Crippen molar-refractivity contribution in [2.24, 2.45) is 29.6 Å². The van der Waals surface area contributed by atoms with E-state index in [1.54, 1.807) is 47.7 Å². The lowest BCUT2D eigenvalue weighted by atomic mass is 9.89. The van der Waals surface area contributed by atoms with Crippen molar-refractivity contribution in [2.45, 2.75) is 185 Å². The summed E-state index contributed by atoms with van der Waals surface area (Å²) in [5, 5.41) is 5.92. The number of nitrogens with one attached hydrogen (secondary N) is 2. The van der Waals surface area contributed by atoms with E-state index in [1.165, 1.54) is 69.1 Å². The van der Waals surface area contributed by atoms with Crippen molar-refractivity contribution in [1.29, 1.82) is 0 Å². The van der Waals surface area contributed by atoms with Gasteiger partial charge in [-0.1, -0.05) is 145 Å². The number of unbranched alkanes of at least 4 members (excludes halogenated alkanes) is 6. The van der Waals surface area contributed by atoms with Crippen molar-refractivity contribution in [3.8, 4) is 0 Å². The predicted octanol–water partition coefficient (Wildman–Crippen LogP) is 11.4. The first-order valence-corrected chi connectivity index (χ1v) is 30.6. The Balaban J connectivity index is -0.000000370. The van der Waals surface area contributed by atoms with Gasteiger partial charge < -0.3 is 10.6 Å². The van der Waals surface area contributed by atoms with Gasteiger partial charge in [0, 0.05) is 126 Å². The lowest BCUT2D eigenvalue weighted by molar-refractivity contribution is -0.124. The van der Waals surface area contributed by atoms with Crippen LogP contribution in [0.4, 0.5) is 0 Å². The number of amides is 2. The van der Waals surface area contributed by atoms with E-state index < -0.39 is 0 Å². The van der Waals surface area contributed by atoms with Crippen LogP contribution in [0, 0.1) is 29.6 Å². The van der Waals surface area contributed by atoms with Gasteiger partial charge in [0.1, 0.15) is 11.6 Å². The van der Waals surface area contributed by atoms with Gasteiger partial charge in [0.15, 0.2) is 0 Å². The van der Waals surface area contributed by atoms with E-state index in [0.717, 1.165) is 57.5 Å². The van der Waals surface area contributed by atoms with E-state index in [0.29, 0.717) is 43.3 Å². The molecule has 0 heterocycles. The third kappa shape index (κ3) is 57.7. The molecule has 0 saturated carbocycles. The Kier molecular flexibility index (Phi) is 55.3. The molecule has 14 heteroatoms. The molecule has 0 aromatic heterocycles. The number of allylic oxidation sites excluding steroid dienone is 2. The first-order chi connectivity index (χ1) is 27.1. The standard InChI is InChI=1S/C19H35NO2.C18H35NO2.C6H12.S8/c1-16(2)12-8-6-5-7-11-15-20-19(22)14-10-9-13-18(21)17(3)4;1-6-8-16(13-17(20)15(4)5)10-11-18(21)19-12-7-9-14(2)3;1-3-5-6-4-2;1-3-5-7-8-6-4-2/h9-10,16-17H,5-8,11-15H2,1-4H3,(H,20,22);14-16H,6-13H2,1-5H3,(H,19,21);3H,1,4-6H2,2H3;/b10-9+;;;. The first-order valence-electron chi connectivity index (χ1n) is 21.2. The maximum absolute atomic E-state index is 11.8. The van der Waals surface area contributed by atoms with Crippen LogP contribution in [0.2, 0.25) is 0 Å². The minimum atomic E-state index is 0.0491. The summed E-state index contributed by atoms with van der Waals surface area (Å²) in [5.41, 5.74) is 0. The van der Waals surface area contributed by atoms with Crippen LogP contribution >= 0.6 is 0 Å². The molecule has 6 nitrogen and oxygen atoms in total. The molecule has 0 fully saturated rings. The predicted molar refractivity (Wildman–Crippen MR) is 272 cm³/mol. The topological polar surface area (TPSA) is 92.3 Å². The van der Waals surface area contributed by atoms with Crippen molar-refractivity contribution >= 4 is 99.0 Å². The Bertz CT molecular complexity index is 1290. The molecule has 0 aromatic rings. The molecule has 0 saturated heterocycles. The van der Waals surface area contributed by atoms with E-state index >= 15 is 0 Å². The van der Waals surface area contributed by atoms with E-state index in [2.05, 4.69) is 81.1 Å². The second-order valence-corrected chi connectivity index (χ2v) is 26.2. The quantitative estimate of drug-likeness (QED) is 0.0600. The van der Waals surface area contributed by atoms with Crippen LogP contribution < -0.4 is 10.6 Å². The summed E-state index contributed by atoms with van der Waals surface area (Å²) in [6, 6.07) is 0. The molecule has 57 heavy (non-hydrogen) atoms. The lowest BCUT2D eigenvalue weighted by Crippen LogP contribution is -2.25. The molecule has 0 spiro atoms. The number of rotatable bonds is 28. The second kappa shape index (κ2) is 49.9. The fraction of sp³-hybridized carbons (Fsp3) is 0.814. The molecule has 0 bridgehead atoms. The highest BCUT2D eigenvalue weighted by molar-refractivity contribution is 8.70. The summed E-state index contributed by atoms with van der Waals surface area (Å²) < 4.78 is 0. The van der Waals surface area contributed by atoms with Crippen LogP contribution in [0.15, 0.2) is 24.8 Å². The highest BCUT2D eigenvalue weighted by atomic mass is 33.4. The van der Waals surface area contributed by atoms with Crippen molar-refractivity contribution in [3.63, 3.8) is 0 Å². The number of carbonyl (C=O) groups excluding carboxylic acids is 4. The molecule has 0 radical (unpaired) electrons. The Morgan fingerprint density at radius 2 is 1.09 bits per heavy atom. The lowest BCUT2D eigenvalue weighted by Gasteiger charge is -2.16. The minimum Gasteiger partial charge on any atom is -0.356 e. The van der Waals surface area contributed by atoms with Gasteiger partial charge in [-0.2, -0.15) is 0 Å². The molecular weight excluding hydrogens is 865 g/mol. The summed E-state index contributed by atoms with van der Waals surface area (Å²) >= 11 is 9.21. The zero-order valence-corrected chi connectivity index (χ0v) is 43.9. The van der Waals surface area contributed by atoms with Crippen molar-refractivity contribution in [3.05, 3.63) is 24.8 Å². The molecule has 0 aliphatic heterocycles. The average molecular weight is 948 g/mol. The van der Waals surface area contributed by atoms with Gasteiger partial charge >= 0.3 is 0 Å². The Morgan fingerprint density at radius 1 is 0.579 bits per heavy atom. The summed E-state index contributed by atoms with van der Waals surface area (Å²) in [6.45, 7) is 26.1. The Morgan fingerprint density at radius 3 is 1.58 bits per heavy atom. The minimum absolute atomic E-state index is 0.0491. The van der Waals surface area contributed by atoms with Gasteiger partial charge in [0.25, 0.3) is 0 Å². The summed E-state index contributed by atoms with van der Waals surface area (Å²) in [7, 11) is 9.12. The van der Waals surface area contributed by atoms with Crippen molar-refractivity contribution in [2.75, 3.05) is 13.1 Å². The maximum Gasteiger partial charge on any atom is 0.223 e. The monoisotopic (exact) mass is 946 g/mol. The highest BCUT2D eigenvalue weighted by Crippen LogP contribution is 2.20. The van der Waals surface area contributed by atoms with Gasteiger partial charge in [-0.3, -0.25) is 19.2 Å². The van der Waals surface area contributed by atoms with Gasteiger partial charge in [-0.15, -0.1) is 6.58 Å². The first kappa shape index (κ1) is 63.2. The number of carbonyl (C=O) groups is 4. The van der Waals surface area contributed by atoms with Crippen LogP contribution in [0.3, 0.4) is 0 Å². The van der Waals surface area contributed by atoms with Gasteiger partial charge in [-0.25, -0.2) is 0 Å². The number of hydrogen-bond donors (Lipinski definition) is 2. The van der Waals surface area contributed by atoms with E-state index in [9.17, 15) is 19.2 Å². The van der Waals surface area contributed by atoms with Crippen LogP contribution in [-0.2, 0) is 94.8 Å². The van der Waals surface area contributed by atoms with Crippen LogP contribution in [0.5, 0.6) is 0 Å². The smallest absolute Gasteiger partial charge is 0.223 e. The summed E-state index contributed by atoms with van der Waals surface area (Å²) in [6.07, 6.45) is 23.9. The number of hydrogen-bond acceptors (Lipinski definition) is 6. The Hall–Kier alpha value is -0.480. The third-order valence-corrected chi connectivity index (χ3v) is 19.6. The van der Waals surface area contributed by atoms with E-state index in [1.807, 2.05) is 33.8 Å². The highest BCUT2D eigenvalue weighted by Gasteiger charge is 2.17. The molecule has 0 aliphatic rings. The van der Waals surface area contributed by atoms with E-state index in [4.69, 9.17) is 0 Å². The molecule has 1 atom stereocenters. The van der Waals surface area contributed by atoms with Crippen LogP contribution in [0.25, 0.3) is 0 Å². The zero-order chi connectivity index (χ0) is 44.1. The fourth-order valence-electron chi connectivity index (χ4n) is 4.97. The number of Topliss-reactive ketones (excluding diaryl/α,β-unsaturated/α-hetero) is 2. The molecule has 2 amide bonds. The molecular formula is C43H82N2O4S8. The third-order valence-electron chi connectivity index (χ3n) is 8.50.